The van der Waals surface area contributed by atoms with Gasteiger partial charge in [-0.1, -0.05) is 23.7 Å². The Bertz CT molecular complexity index is 354. The lowest BCUT2D eigenvalue weighted by molar-refractivity contribution is -0.112. The summed E-state index contributed by atoms with van der Waals surface area (Å²) in [6.07, 6.45) is 2.85. The quantitative estimate of drug-likeness (QED) is 0.730. The van der Waals surface area contributed by atoms with Gasteiger partial charge >= 0.3 is 0 Å². The van der Waals surface area contributed by atoms with E-state index in [9.17, 15) is 4.79 Å². The van der Waals surface area contributed by atoms with Crippen LogP contribution >= 0.6 is 23.2 Å². The molecule has 1 aliphatic carbocycles. The number of halogens is 2. The van der Waals surface area contributed by atoms with Crippen molar-refractivity contribution in [1.29, 1.82) is 0 Å². The van der Waals surface area contributed by atoms with Gasteiger partial charge in [0.1, 0.15) is 0 Å². The van der Waals surface area contributed by atoms with Gasteiger partial charge in [-0.2, -0.15) is 0 Å². The van der Waals surface area contributed by atoms with Crippen molar-refractivity contribution in [2.24, 2.45) is 5.92 Å². The molecule has 0 radical (unpaired) electrons. The molecule has 0 bridgehead atoms. The van der Waals surface area contributed by atoms with Crippen LogP contribution in [0.3, 0.4) is 0 Å². The van der Waals surface area contributed by atoms with E-state index < -0.39 is 0 Å². The van der Waals surface area contributed by atoms with Gasteiger partial charge in [-0.3, -0.25) is 4.79 Å². The molecule has 0 aliphatic heterocycles. The first kappa shape index (κ1) is 11.0. The van der Waals surface area contributed by atoms with Crippen LogP contribution in [-0.2, 0) is 4.79 Å². The van der Waals surface area contributed by atoms with Crippen molar-refractivity contribution in [1.82, 2.24) is 0 Å². The first-order valence-corrected chi connectivity index (χ1v) is 5.86. The van der Waals surface area contributed by atoms with E-state index in [1.807, 2.05) is 24.3 Å². The van der Waals surface area contributed by atoms with E-state index in [4.69, 9.17) is 23.2 Å². The summed E-state index contributed by atoms with van der Waals surface area (Å²) in [5.74, 6) is 0.918. The SMILES string of the molecule is O=C(Cl)CC(c1ccc(Cl)cc1)C1CC1. The number of hydrogen-bond acceptors (Lipinski definition) is 1. The van der Waals surface area contributed by atoms with Gasteiger partial charge in [-0.15, -0.1) is 0 Å². The minimum atomic E-state index is -0.248. The fourth-order valence-corrected chi connectivity index (χ4v) is 2.23. The highest BCUT2D eigenvalue weighted by atomic mass is 35.5. The van der Waals surface area contributed by atoms with Gasteiger partial charge in [0.2, 0.25) is 5.24 Å². The van der Waals surface area contributed by atoms with E-state index in [-0.39, 0.29) is 11.2 Å². The van der Waals surface area contributed by atoms with E-state index in [2.05, 4.69) is 0 Å². The zero-order valence-corrected chi connectivity index (χ0v) is 9.76. The highest BCUT2D eigenvalue weighted by molar-refractivity contribution is 6.63. The van der Waals surface area contributed by atoms with Crippen molar-refractivity contribution in [3.8, 4) is 0 Å². The third-order valence-corrected chi connectivity index (χ3v) is 3.28. The highest BCUT2D eigenvalue weighted by Gasteiger charge is 2.33. The second-order valence-corrected chi connectivity index (χ2v) is 4.91. The number of carbonyl (C=O) groups is 1. The molecule has 1 unspecified atom stereocenters. The standard InChI is InChI=1S/C12H12Cl2O/c13-10-5-3-9(4-6-10)11(7-12(14)15)8-1-2-8/h3-6,8,11H,1-2,7H2. The Balaban J connectivity index is 2.16. The molecule has 1 nitrogen and oxygen atoms in total. The molecule has 1 aromatic carbocycles. The van der Waals surface area contributed by atoms with Gasteiger partial charge in [0, 0.05) is 11.4 Å². The molecule has 1 aliphatic rings. The summed E-state index contributed by atoms with van der Waals surface area (Å²) in [6, 6.07) is 7.71. The molecular formula is C12H12Cl2O. The van der Waals surface area contributed by atoms with Crippen LogP contribution in [0.2, 0.25) is 5.02 Å². The fraction of sp³-hybridized carbons (Fsp3) is 0.417. The van der Waals surface area contributed by atoms with Crippen LogP contribution in [0, 0.1) is 5.92 Å². The largest absolute Gasteiger partial charge is 0.281 e. The first-order valence-electron chi connectivity index (χ1n) is 5.10. The lowest BCUT2D eigenvalue weighted by Gasteiger charge is -2.14. The molecule has 2 rings (SSSR count). The molecule has 1 fully saturated rings. The molecule has 1 saturated carbocycles. The molecule has 0 saturated heterocycles. The molecule has 0 spiro atoms. The number of benzene rings is 1. The van der Waals surface area contributed by atoms with Gasteiger partial charge in [0.05, 0.1) is 0 Å². The number of hydrogen-bond donors (Lipinski definition) is 0. The predicted octanol–water partition coefficient (Wildman–Crippen LogP) is 3.99. The van der Waals surface area contributed by atoms with E-state index in [0.29, 0.717) is 12.3 Å². The maximum Gasteiger partial charge on any atom is 0.222 e. The Labute approximate surface area is 99.4 Å². The topological polar surface area (TPSA) is 17.1 Å². The normalized spacial score (nSPS) is 17.5. The minimum Gasteiger partial charge on any atom is -0.281 e. The number of carbonyl (C=O) groups excluding carboxylic acids is 1. The summed E-state index contributed by atoms with van der Waals surface area (Å²) in [5.41, 5.74) is 1.18. The summed E-state index contributed by atoms with van der Waals surface area (Å²) >= 11 is 11.3. The average molecular weight is 243 g/mol. The van der Waals surface area contributed by atoms with Crippen LogP contribution < -0.4 is 0 Å². The third kappa shape index (κ3) is 2.96. The second-order valence-electron chi connectivity index (χ2n) is 4.05. The third-order valence-electron chi connectivity index (χ3n) is 2.87. The maximum absolute atomic E-state index is 11.0. The molecule has 1 aromatic rings. The molecule has 3 heteroatoms. The Morgan fingerprint density at radius 2 is 1.93 bits per heavy atom. The van der Waals surface area contributed by atoms with Crippen molar-refractivity contribution in [3.63, 3.8) is 0 Å². The predicted molar refractivity (Wildman–Crippen MR) is 62.4 cm³/mol. The highest BCUT2D eigenvalue weighted by Crippen LogP contribution is 2.44. The summed E-state index contributed by atoms with van der Waals surface area (Å²) in [4.78, 5) is 11.0. The zero-order valence-electron chi connectivity index (χ0n) is 8.25. The zero-order chi connectivity index (χ0) is 10.8. The van der Waals surface area contributed by atoms with Gasteiger partial charge in [-0.25, -0.2) is 0 Å². The summed E-state index contributed by atoms with van der Waals surface area (Å²) in [6.45, 7) is 0. The van der Waals surface area contributed by atoms with Crippen molar-refractivity contribution < 1.29 is 4.79 Å². The summed E-state index contributed by atoms with van der Waals surface area (Å²) < 4.78 is 0. The first-order chi connectivity index (χ1) is 7.16. The molecule has 0 N–H and O–H groups in total. The molecule has 1 atom stereocenters. The minimum absolute atomic E-state index is 0.248. The smallest absolute Gasteiger partial charge is 0.222 e. The molecule has 0 heterocycles. The maximum atomic E-state index is 11.0. The fourth-order valence-electron chi connectivity index (χ4n) is 1.94. The van der Waals surface area contributed by atoms with Crippen molar-refractivity contribution in [2.45, 2.75) is 25.2 Å². The van der Waals surface area contributed by atoms with Gasteiger partial charge in [0.25, 0.3) is 0 Å². The molecule has 15 heavy (non-hydrogen) atoms. The average Bonchev–Trinajstić information content (AvgIpc) is 2.99. The van der Waals surface area contributed by atoms with Gasteiger partial charge in [-0.05, 0) is 54.0 Å². The Morgan fingerprint density at radius 3 is 2.40 bits per heavy atom. The van der Waals surface area contributed by atoms with Crippen molar-refractivity contribution >= 4 is 28.4 Å². The monoisotopic (exact) mass is 242 g/mol. The molecule has 0 amide bonds. The molecular weight excluding hydrogens is 231 g/mol. The van der Waals surface area contributed by atoms with Crippen LogP contribution in [0.5, 0.6) is 0 Å². The van der Waals surface area contributed by atoms with Gasteiger partial charge in [0.15, 0.2) is 0 Å². The lowest BCUT2D eigenvalue weighted by Crippen LogP contribution is -2.05. The second kappa shape index (κ2) is 4.54. The van der Waals surface area contributed by atoms with Crippen LogP contribution in [0.4, 0.5) is 0 Å². The lowest BCUT2D eigenvalue weighted by atomic mass is 9.92. The van der Waals surface area contributed by atoms with E-state index in [0.717, 1.165) is 5.02 Å². The van der Waals surface area contributed by atoms with Gasteiger partial charge < -0.3 is 0 Å². The van der Waals surface area contributed by atoms with E-state index in [1.54, 1.807) is 0 Å². The van der Waals surface area contributed by atoms with Crippen LogP contribution in [0.15, 0.2) is 24.3 Å². The Morgan fingerprint density at radius 1 is 1.33 bits per heavy atom. The molecule has 80 valence electrons. The number of rotatable bonds is 4. The summed E-state index contributed by atoms with van der Waals surface area (Å²) in [5, 5.41) is 0.479. The van der Waals surface area contributed by atoms with Crippen LogP contribution in [-0.4, -0.2) is 5.24 Å². The van der Waals surface area contributed by atoms with E-state index >= 15 is 0 Å². The summed E-state index contributed by atoms with van der Waals surface area (Å²) in [7, 11) is 0. The van der Waals surface area contributed by atoms with Crippen LogP contribution in [0.25, 0.3) is 0 Å². The van der Waals surface area contributed by atoms with Crippen LogP contribution in [0.1, 0.15) is 30.7 Å². The van der Waals surface area contributed by atoms with E-state index in [1.165, 1.54) is 18.4 Å². The molecule has 0 aromatic heterocycles. The Kier molecular flexibility index (Phi) is 3.32. The van der Waals surface area contributed by atoms with Crippen molar-refractivity contribution in [2.75, 3.05) is 0 Å². The van der Waals surface area contributed by atoms with Crippen molar-refractivity contribution in [3.05, 3.63) is 34.9 Å². The Hall–Kier alpha value is -0.530.